The van der Waals surface area contributed by atoms with Gasteiger partial charge in [-0.1, -0.05) is 12.1 Å². The summed E-state index contributed by atoms with van der Waals surface area (Å²) in [6.07, 6.45) is 1.18. The summed E-state index contributed by atoms with van der Waals surface area (Å²) < 4.78 is 1.87. The number of hydrogen-bond acceptors (Lipinski definition) is 3. The van der Waals surface area contributed by atoms with Gasteiger partial charge in [0.2, 0.25) is 5.91 Å². The molecule has 0 radical (unpaired) electrons. The zero-order chi connectivity index (χ0) is 18.6. The molecule has 2 rings (SSSR count). The Hall–Kier alpha value is -2.61. The van der Waals surface area contributed by atoms with Crippen LogP contribution in [0.25, 0.3) is 0 Å². The lowest BCUT2D eigenvalue weighted by atomic mass is 10.0. The maximum atomic E-state index is 12.8. The summed E-state index contributed by atoms with van der Waals surface area (Å²) in [5.74, 6) is 0.141. The van der Waals surface area contributed by atoms with Crippen molar-refractivity contribution in [2.75, 3.05) is 6.54 Å². The molecule has 132 valence electrons. The molecule has 1 unspecified atom stereocenters. The Morgan fingerprint density at radius 2 is 1.96 bits per heavy atom. The Labute approximate surface area is 149 Å². The predicted octanol–water partition coefficient (Wildman–Crippen LogP) is 3.45. The highest BCUT2D eigenvalue weighted by molar-refractivity contribution is 5.77. The fourth-order valence-corrected chi connectivity index (χ4v) is 3.24. The summed E-state index contributed by atoms with van der Waals surface area (Å²) in [5, 5.41) is 13.3. The lowest BCUT2D eigenvalue weighted by Gasteiger charge is -2.28. The average molecular weight is 338 g/mol. The lowest BCUT2D eigenvalue weighted by Crippen LogP contribution is -2.33. The van der Waals surface area contributed by atoms with E-state index in [0.717, 1.165) is 22.5 Å². The number of benzene rings is 1. The van der Waals surface area contributed by atoms with E-state index in [4.69, 9.17) is 5.26 Å². The quantitative estimate of drug-likeness (QED) is 0.810. The third-order valence-corrected chi connectivity index (χ3v) is 4.90. The molecule has 0 saturated carbocycles. The molecule has 0 bridgehead atoms. The van der Waals surface area contributed by atoms with Crippen molar-refractivity contribution in [3.05, 3.63) is 52.3 Å². The Bertz CT molecular complexity index is 783. The highest BCUT2D eigenvalue weighted by atomic mass is 16.2. The van der Waals surface area contributed by atoms with E-state index in [0.29, 0.717) is 24.9 Å². The molecule has 2 aromatic rings. The van der Waals surface area contributed by atoms with E-state index in [1.54, 1.807) is 12.1 Å². The van der Waals surface area contributed by atoms with E-state index < -0.39 is 0 Å². The van der Waals surface area contributed by atoms with Gasteiger partial charge in [0.15, 0.2) is 0 Å². The monoisotopic (exact) mass is 338 g/mol. The molecule has 1 amide bonds. The molecule has 1 aromatic carbocycles. The smallest absolute Gasteiger partial charge is 0.223 e. The first-order valence-corrected chi connectivity index (χ1v) is 8.67. The largest absolute Gasteiger partial charge is 0.336 e. The van der Waals surface area contributed by atoms with Crippen LogP contribution in [0.2, 0.25) is 0 Å². The fraction of sp³-hybridized carbons (Fsp3) is 0.450. The van der Waals surface area contributed by atoms with Gasteiger partial charge in [-0.3, -0.25) is 9.48 Å². The Morgan fingerprint density at radius 3 is 2.44 bits per heavy atom. The van der Waals surface area contributed by atoms with Crippen LogP contribution in [-0.4, -0.2) is 27.1 Å². The minimum atomic E-state index is -0.0127. The summed E-state index contributed by atoms with van der Waals surface area (Å²) in [6, 6.07) is 9.56. The van der Waals surface area contributed by atoms with Crippen LogP contribution in [0.5, 0.6) is 0 Å². The lowest BCUT2D eigenvalue weighted by molar-refractivity contribution is -0.133. The molecule has 0 spiro atoms. The molecule has 1 aromatic heterocycles. The molecule has 1 heterocycles. The molecule has 0 aliphatic heterocycles. The van der Waals surface area contributed by atoms with Crippen LogP contribution in [0.4, 0.5) is 0 Å². The van der Waals surface area contributed by atoms with Crippen molar-refractivity contribution in [3.8, 4) is 6.07 Å². The topological polar surface area (TPSA) is 61.9 Å². The van der Waals surface area contributed by atoms with Crippen molar-refractivity contribution in [2.24, 2.45) is 7.05 Å². The Balaban J connectivity index is 2.08. The van der Waals surface area contributed by atoms with Crippen LogP contribution in [0.3, 0.4) is 0 Å². The summed E-state index contributed by atoms with van der Waals surface area (Å²) in [4.78, 5) is 14.7. The number of nitriles is 1. The van der Waals surface area contributed by atoms with Crippen molar-refractivity contribution in [2.45, 2.75) is 46.6 Å². The first-order valence-electron chi connectivity index (χ1n) is 8.67. The Kier molecular flexibility index (Phi) is 5.97. The maximum absolute atomic E-state index is 12.8. The highest BCUT2D eigenvalue weighted by Crippen LogP contribution is 2.22. The summed E-state index contributed by atoms with van der Waals surface area (Å²) in [6.45, 7) is 8.72. The Morgan fingerprint density at radius 1 is 1.32 bits per heavy atom. The second-order valence-corrected chi connectivity index (χ2v) is 6.36. The fourth-order valence-electron chi connectivity index (χ4n) is 3.24. The van der Waals surface area contributed by atoms with Crippen molar-refractivity contribution in [1.82, 2.24) is 14.7 Å². The van der Waals surface area contributed by atoms with Crippen LogP contribution in [0, 0.1) is 25.2 Å². The standard InChI is InChI=1S/C20H26N4O/c1-6-24(15(3)18-9-7-17(13-21)8-10-18)20(25)12-11-19-14(2)22-23(5)16(19)4/h7-10,15H,6,11-12H2,1-5H3. The molecule has 0 aliphatic rings. The molecule has 0 fully saturated rings. The van der Waals surface area contributed by atoms with Crippen LogP contribution < -0.4 is 0 Å². The molecule has 25 heavy (non-hydrogen) atoms. The SMILES string of the molecule is CCN(C(=O)CCc1c(C)nn(C)c1C)C(C)c1ccc(C#N)cc1. The maximum Gasteiger partial charge on any atom is 0.223 e. The predicted molar refractivity (Wildman–Crippen MR) is 98.0 cm³/mol. The summed E-state index contributed by atoms with van der Waals surface area (Å²) in [5.41, 5.74) is 4.96. The van der Waals surface area contributed by atoms with Crippen molar-refractivity contribution >= 4 is 5.91 Å². The van der Waals surface area contributed by atoms with Crippen LogP contribution in [0.15, 0.2) is 24.3 Å². The van der Waals surface area contributed by atoms with Crippen molar-refractivity contribution in [1.29, 1.82) is 5.26 Å². The van der Waals surface area contributed by atoms with E-state index in [9.17, 15) is 4.79 Å². The molecule has 0 aliphatic carbocycles. The van der Waals surface area contributed by atoms with Crippen molar-refractivity contribution in [3.63, 3.8) is 0 Å². The third kappa shape index (κ3) is 4.08. The van der Waals surface area contributed by atoms with Gasteiger partial charge < -0.3 is 4.90 Å². The van der Waals surface area contributed by atoms with E-state index in [2.05, 4.69) is 11.2 Å². The van der Waals surface area contributed by atoms with Crippen LogP contribution >= 0.6 is 0 Å². The second-order valence-electron chi connectivity index (χ2n) is 6.36. The van der Waals surface area contributed by atoms with Gasteiger partial charge in [0.05, 0.1) is 23.4 Å². The molecule has 5 heteroatoms. The summed E-state index contributed by atoms with van der Waals surface area (Å²) >= 11 is 0. The van der Waals surface area contributed by atoms with Gasteiger partial charge >= 0.3 is 0 Å². The highest BCUT2D eigenvalue weighted by Gasteiger charge is 2.21. The van der Waals surface area contributed by atoms with Crippen molar-refractivity contribution < 1.29 is 4.79 Å². The van der Waals surface area contributed by atoms with Gasteiger partial charge in [0.1, 0.15) is 0 Å². The van der Waals surface area contributed by atoms with E-state index in [1.165, 1.54) is 0 Å². The van der Waals surface area contributed by atoms with E-state index >= 15 is 0 Å². The number of rotatable bonds is 6. The van der Waals surface area contributed by atoms with E-state index in [1.807, 2.05) is 56.5 Å². The average Bonchev–Trinajstić information content (AvgIpc) is 2.85. The summed E-state index contributed by atoms with van der Waals surface area (Å²) in [7, 11) is 1.93. The van der Waals surface area contributed by atoms with Crippen LogP contribution in [-0.2, 0) is 18.3 Å². The zero-order valence-electron chi connectivity index (χ0n) is 15.7. The van der Waals surface area contributed by atoms with E-state index in [-0.39, 0.29) is 11.9 Å². The zero-order valence-corrected chi connectivity index (χ0v) is 15.7. The number of carbonyl (C=O) groups excluding carboxylic acids is 1. The van der Waals surface area contributed by atoms with Gasteiger partial charge in [-0.2, -0.15) is 10.4 Å². The molecule has 0 saturated heterocycles. The number of aryl methyl sites for hydroxylation is 2. The minimum absolute atomic E-state index is 0.0127. The number of aromatic nitrogens is 2. The van der Waals surface area contributed by atoms with Gasteiger partial charge in [-0.15, -0.1) is 0 Å². The first-order chi connectivity index (χ1) is 11.9. The van der Waals surface area contributed by atoms with Gasteiger partial charge in [0.25, 0.3) is 0 Å². The molecule has 1 atom stereocenters. The number of amides is 1. The molecule has 5 nitrogen and oxygen atoms in total. The first kappa shape index (κ1) is 18.7. The third-order valence-electron chi connectivity index (χ3n) is 4.90. The molecule has 0 N–H and O–H groups in total. The second kappa shape index (κ2) is 7.98. The van der Waals surface area contributed by atoms with Gasteiger partial charge in [-0.05, 0) is 57.4 Å². The normalized spacial score (nSPS) is 11.8. The molecular formula is C20H26N4O. The number of nitrogens with zero attached hydrogens (tertiary/aromatic N) is 4. The number of carbonyl (C=O) groups is 1. The number of hydrogen-bond donors (Lipinski definition) is 0. The minimum Gasteiger partial charge on any atom is -0.336 e. The van der Waals surface area contributed by atoms with Crippen LogP contribution in [0.1, 0.15) is 54.4 Å². The molecular weight excluding hydrogens is 312 g/mol. The van der Waals surface area contributed by atoms with Gasteiger partial charge in [0, 0.05) is 25.7 Å². The van der Waals surface area contributed by atoms with Gasteiger partial charge in [-0.25, -0.2) is 0 Å².